The number of benzene rings is 1. The first kappa shape index (κ1) is 30.5. The predicted molar refractivity (Wildman–Crippen MR) is 152 cm³/mol. The molecule has 0 unspecified atom stereocenters. The van der Waals surface area contributed by atoms with Gasteiger partial charge >= 0.3 is 5.97 Å². The highest BCUT2D eigenvalue weighted by Gasteiger charge is 2.16. The molecule has 2 aromatic rings. The molecule has 2 rings (SSSR count). The Morgan fingerprint density at radius 1 is 1.21 bits per heavy atom. The molecule has 10 heteroatoms. The molecule has 0 saturated carbocycles. The number of aryl methyl sites for hydroxylation is 1. The van der Waals surface area contributed by atoms with Gasteiger partial charge < -0.3 is 20.3 Å². The third-order valence-corrected chi connectivity index (χ3v) is 7.05. The summed E-state index contributed by atoms with van der Waals surface area (Å²) in [7, 11) is 0. The summed E-state index contributed by atoms with van der Waals surface area (Å²) in [5, 5.41) is 15.6. The molecule has 0 aliphatic rings. The van der Waals surface area contributed by atoms with Crippen molar-refractivity contribution in [1.29, 1.82) is 5.26 Å². The average Bonchev–Trinajstić information content (AvgIpc) is 3.24. The van der Waals surface area contributed by atoms with E-state index in [9.17, 15) is 19.6 Å². The van der Waals surface area contributed by atoms with Gasteiger partial charge in [-0.2, -0.15) is 5.26 Å². The number of thiazole rings is 1. The number of nitriles is 1. The van der Waals surface area contributed by atoms with Gasteiger partial charge in [0.05, 0.1) is 0 Å². The van der Waals surface area contributed by atoms with Crippen LogP contribution < -0.4 is 25.4 Å². The Labute approximate surface area is 227 Å². The number of hydrogen-bond acceptors (Lipinski definition) is 8. The second-order valence-corrected chi connectivity index (χ2v) is 9.44. The standard InChI is InChI=1S/C28H37N5O4S/c1-5-18-37-28(36)23(19-29)27-33(8-4)26(35)24(38-27)20-31-22-14-12-21(13-15-22)10-9-11-25(34)30-16-17-32(6-2)7-3/h5,12-15,20,31H,1,6-11,16-18H2,2-4H3,(H,30,34)/b24-20+,27-23-. The number of rotatable bonds is 15. The molecule has 0 aliphatic carbocycles. The van der Waals surface area contributed by atoms with E-state index < -0.39 is 5.97 Å². The molecule has 0 spiro atoms. The first-order chi connectivity index (χ1) is 18.4. The Kier molecular flexibility index (Phi) is 13.0. The topological polar surface area (TPSA) is 116 Å². The zero-order valence-electron chi connectivity index (χ0n) is 22.4. The van der Waals surface area contributed by atoms with Gasteiger partial charge in [0.25, 0.3) is 5.56 Å². The van der Waals surface area contributed by atoms with Crippen LogP contribution >= 0.6 is 11.3 Å². The van der Waals surface area contributed by atoms with E-state index in [-0.39, 0.29) is 28.3 Å². The first-order valence-corrected chi connectivity index (χ1v) is 13.7. The quantitative estimate of drug-likeness (QED) is 0.263. The van der Waals surface area contributed by atoms with Crippen molar-refractivity contribution in [3.8, 4) is 6.07 Å². The average molecular weight is 540 g/mol. The van der Waals surface area contributed by atoms with Crippen molar-refractivity contribution < 1.29 is 14.3 Å². The van der Waals surface area contributed by atoms with Crippen LogP contribution in [0.2, 0.25) is 0 Å². The molecule has 0 atom stereocenters. The van der Waals surface area contributed by atoms with Crippen LogP contribution in [0.5, 0.6) is 0 Å². The smallest absolute Gasteiger partial charge is 0.352 e. The largest absolute Gasteiger partial charge is 0.457 e. The number of hydrogen-bond donors (Lipinski definition) is 2. The van der Waals surface area contributed by atoms with Crippen molar-refractivity contribution in [2.45, 2.75) is 46.6 Å². The van der Waals surface area contributed by atoms with Gasteiger partial charge in [-0.15, -0.1) is 11.3 Å². The lowest BCUT2D eigenvalue weighted by atomic mass is 10.1. The number of esters is 1. The molecule has 0 saturated heterocycles. The lowest BCUT2D eigenvalue weighted by Crippen LogP contribution is -2.34. The number of anilines is 1. The minimum Gasteiger partial charge on any atom is -0.457 e. The highest BCUT2D eigenvalue weighted by atomic mass is 32.1. The number of carbonyl (C=O) groups is 2. The van der Waals surface area contributed by atoms with E-state index in [0.717, 1.165) is 55.1 Å². The predicted octanol–water partition coefficient (Wildman–Crippen LogP) is 1.96. The fourth-order valence-corrected chi connectivity index (χ4v) is 4.81. The minimum absolute atomic E-state index is 0.0214. The van der Waals surface area contributed by atoms with Gasteiger partial charge in [-0.25, -0.2) is 4.79 Å². The van der Waals surface area contributed by atoms with E-state index in [0.29, 0.717) is 24.0 Å². The molecular weight excluding hydrogens is 502 g/mol. The summed E-state index contributed by atoms with van der Waals surface area (Å²) in [5.74, 6) is -0.716. The summed E-state index contributed by atoms with van der Waals surface area (Å²) < 4.78 is 6.99. The first-order valence-electron chi connectivity index (χ1n) is 12.8. The van der Waals surface area contributed by atoms with Gasteiger partial charge in [0.2, 0.25) is 5.91 Å². The lowest BCUT2D eigenvalue weighted by Gasteiger charge is -2.17. The van der Waals surface area contributed by atoms with Crippen LogP contribution in [0.3, 0.4) is 0 Å². The second kappa shape index (κ2) is 16.2. The van der Waals surface area contributed by atoms with Crippen molar-refractivity contribution in [2.75, 3.05) is 38.1 Å². The molecule has 0 bridgehead atoms. The number of nitrogens with one attached hydrogen (secondary N) is 2. The summed E-state index contributed by atoms with van der Waals surface area (Å²) in [6.07, 6.45) is 5.02. The molecule has 1 heterocycles. The molecule has 9 nitrogen and oxygen atoms in total. The fraction of sp³-hybridized carbons (Fsp3) is 0.429. The summed E-state index contributed by atoms with van der Waals surface area (Å²) in [6.45, 7) is 13.3. The summed E-state index contributed by atoms with van der Waals surface area (Å²) in [4.78, 5) is 39.4. The minimum atomic E-state index is -0.789. The highest BCUT2D eigenvalue weighted by molar-refractivity contribution is 7.07. The molecule has 0 radical (unpaired) electrons. The van der Waals surface area contributed by atoms with E-state index in [1.165, 1.54) is 10.6 Å². The van der Waals surface area contributed by atoms with Crippen molar-refractivity contribution in [1.82, 2.24) is 14.8 Å². The van der Waals surface area contributed by atoms with Crippen molar-refractivity contribution in [3.05, 3.63) is 62.0 Å². The number of carbonyl (C=O) groups excluding carboxylic acids is 2. The summed E-state index contributed by atoms with van der Waals surface area (Å²) >= 11 is 1.06. The van der Waals surface area contributed by atoms with Crippen molar-refractivity contribution in [3.63, 3.8) is 0 Å². The second-order valence-electron chi connectivity index (χ2n) is 8.41. The Bertz CT molecular complexity index is 1300. The van der Waals surface area contributed by atoms with Crippen LogP contribution in [-0.4, -0.2) is 54.1 Å². The number of likely N-dealkylation sites (N-methyl/N-ethyl adjacent to an activating group) is 1. The van der Waals surface area contributed by atoms with Crippen LogP contribution in [0.4, 0.5) is 5.69 Å². The Morgan fingerprint density at radius 3 is 2.53 bits per heavy atom. The van der Waals surface area contributed by atoms with Crippen LogP contribution in [0, 0.1) is 11.3 Å². The number of amides is 1. The van der Waals surface area contributed by atoms with Crippen molar-refractivity contribution >= 4 is 40.7 Å². The van der Waals surface area contributed by atoms with Gasteiger partial charge in [-0.3, -0.25) is 14.2 Å². The lowest BCUT2D eigenvalue weighted by molar-refractivity contribution is -0.135. The Hall–Kier alpha value is -3.68. The summed E-state index contributed by atoms with van der Waals surface area (Å²) in [5.41, 5.74) is 1.40. The number of nitrogens with zero attached hydrogens (tertiary/aromatic N) is 3. The van der Waals surface area contributed by atoms with Crippen molar-refractivity contribution in [2.24, 2.45) is 0 Å². The molecule has 204 valence electrons. The molecule has 1 aromatic heterocycles. The normalized spacial score (nSPS) is 12.1. The molecule has 1 aromatic carbocycles. The molecule has 1 amide bonds. The van der Waals surface area contributed by atoms with Crippen LogP contribution in [0.1, 0.15) is 39.2 Å². The van der Waals surface area contributed by atoms with E-state index in [1.807, 2.05) is 30.3 Å². The maximum Gasteiger partial charge on any atom is 0.352 e. The van der Waals surface area contributed by atoms with Crippen LogP contribution in [-0.2, 0) is 27.3 Å². The van der Waals surface area contributed by atoms with Gasteiger partial charge in [0, 0.05) is 37.9 Å². The molecular formula is C28H37N5O4S. The SMILES string of the molecule is C=CCOC(=O)/C(C#N)=c1\s/c(=C/Nc2ccc(CCCC(=O)NCCN(CC)CC)cc2)c(=O)n1CC. The zero-order chi connectivity index (χ0) is 27.9. The zero-order valence-corrected chi connectivity index (χ0v) is 23.2. The number of ether oxygens (including phenoxy) is 1. The Balaban J connectivity index is 2.01. The number of aromatic nitrogens is 1. The van der Waals surface area contributed by atoms with E-state index >= 15 is 0 Å². The summed E-state index contributed by atoms with van der Waals surface area (Å²) in [6, 6.07) is 9.64. The third-order valence-electron chi connectivity index (χ3n) is 5.92. The molecule has 38 heavy (non-hydrogen) atoms. The highest BCUT2D eigenvalue weighted by Crippen LogP contribution is 2.12. The van der Waals surface area contributed by atoms with Crippen LogP contribution in [0.15, 0.2) is 41.7 Å². The van der Waals surface area contributed by atoms with Gasteiger partial charge in [0.15, 0.2) is 5.57 Å². The van der Waals surface area contributed by atoms with Gasteiger partial charge in [-0.05, 0) is 50.6 Å². The Morgan fingerprint density at radius 2 is 1.92 bits per heavy atom. The monoisotopic (exact) mass is 539 g/mol. The molecule has 0 aliphatic heterocycles. The van der Waals surface area contributed by atoms with E-state index in [1.54, 1.807) is 13.1 Å². The van der Waals surface area contributed by atoms with Crippen LogP contribution in [0.25, 0.3) is 11.8 Å². The maximum absolute atomic E-state index is 12.8. The molecule has 0 fully saturated rings. The van der Waals surface area contributed by atoms with Gasteiger partial charge in [-0.1, -0.05) is 38.6 Å². The van der Waals surface area contributed by atoms with E-state index in [2.05, 4.69) is 36.0 Å². The third kappa shape index (κ3) is 9.01. The fourth-order valence-electron chi connectivity index (χ4n) is 3.73. The van der Waals surface area contributed by atoms with E-state index in [4.69, 9.17) is 4.74 Å². The molecule has 2 N–H and O–H groups in total. The van der Waals surface area contributed by atoms with Gasteiger partial charge in [0.1, 0.15) is 21.9 Å². The maximum atomic E-state index is 12.8.